The van der Waals surface area contributed by atoms with Crippen LogP contribution in [0, 0.1) is 4.91 Å². The molecule has 21 heavy (non-hydrogen) atoms. The lowest BCUT2D eigenvalue weighted by Gasteiger charge is -2.01. The minimum atomic E-state index is -0.668. The van der Waals surface area contributed by atoms with E-state index in [-0.39, 0.29) is 17.0 Å². The van der Waals surface area contributed by atoms with Crippen LogP contribution in [-0.2, 0) is 14.1 Å². The predicted octanol–water partition coefficient (Wildman–Crippen LogP) is -0.458. The van der Waals surface area contributed by atoms with E-state index in [1.165, 1.54) is 11.7 Å². The fourth-order valence-corrected chi connectivity index (χ4v) is 2.11. The maximum Gasteiger partial charge on any atom is 0.399 e. The number of hydrogen-bond acceptors (Lipinski definition) is 4. The van der Waals surface area contributed by atoms with Gasteiger partial charge in [0.2, 0.25) is 5.65 Å². The van der Waals surface area contributed by atoms with E-state index < -0.39 is 11.2 Å². The molecule has 0 saturated heterocycles. The second kappa shape index (κ2) is 4.51. The quantitative estimate of drug-likeness (QED) is 0.612. The molecule has 1 aromatic carbocycles. The highest BCUT2D eigenvalue weighted by atomic mass is 16.3. The van der Waals surface area contributed by atoms with Crippen molar-refractivity contribution in [3.63, 3.8) is 0 Å². The van der Waals surface area contributed by atoms with Crippen LogP contribution >= 0.6 is 0 Å². The zero-order valence-corrected chi connectivity index (χ0v) is 11.4. The molecule has 0 radical (unpaired) electrons. The summed E-state index contributed by atoms with van der Waals surface area (Å²) >= 11 is 0. The number of nitrogens with zero attached hydrogens (tertiary/aromatic N) is 4. The fraction of sp³-hybridized carbons (Fsp3) is 0.154. The van der Waals surface area contributed by atoms with Gasteiger partial charge in [0.1, 0.15) is 0 Å². The van der Waals surface area contributed by atoms with Gasteiger partial charge in [0.25, 0.3) is 5.52 Å². The van der Waals surface area contributed by atoms with Crippen molar-refractivity contribution >= 4 is 11.2 Å². The third-order valence-electron chi connectivity index (χ3n) is 3.26. The summed E-state index contributed by atoms with van der Waals surface area (Å²) < 4.78 is 2.61. The highest BCUT2D eigenvalue weighted by Gasteiger charge is 2.24. The molecule has 0 aliphatic carbocycles. The van der Waals surface area contributed by atoms with E-state index >= 15 is 0 Å². The Labute approximate surface area is 117 Å². The Bertz CT molecular complexity index is 1010. The molecule has 2 heterocycles. The number of aryl methyl sites for hydroxylation is 1. The van der Waals surface area contributed by atoms with E-state index in [1.807, 2.05) is 6.07 Å². The van der Waals surface area contributed by atoms with Crippen LogP contribution in [0.3, 0.4) is 0 Å². The van der Waals surface area contributed by atoms with Crippen LogP contribution in [0.1, 0.15) is 0 Å². The number of benzene rings is 1. The van der Waals surface area contributed by atoms with Crippen LogP contribution in [0.25, 0.3) is 22.6 Å². The molecule has 0 amide bonds. The molecular weight excluding hydrogens is 274 g/mol. The van der Waals surface area contributed by atoms with Crippen LogP contribution in [0.15, 0.2) is 39.9 Å². The molecule has 8 nitrogen and oxygen atoms in total. The topological polar surface area (TPSA) is 95.7 Å². The van der Waals surface area contributed by atoms with Gasteiger partial charge in [0.15, 0.2) is 0 Å². The minimum Gasteiger partial charge on any atom is -0.287 e. The first kappa shape index (κ1) is 13.0. The van der Waals surface area contributed by atoms with Crippen molar-refractivity contribution in [2.45, 2.75) is 0 Å². The van der Waals surface area contributed by atoms with Gasteiger partial charge in [0.05, 0.1) is 17.7 Å². The van der Waals surface area contributed by atoms with Crippen molar-refractivity contribution in [1.29, 1.82) is 0 Å². The third-order valence-corrected chi connectivity index (χ3v) is 3.26. The van der Waals surface area contributed by atoms with Crippen molar-refractivity contribution in [1.82, 2.24) is 19.3 Å². The summed E-state index contributed by atoms with van der Waals surface area (Å²) in [4.78, 5) is 38.8. The first-order valence-corrected chi connectivity index (χ1v) is 6.19. The van der Waals surface area contributed by atoms with Crippen molar-refractivity contribution in [2.24, 2.45) is 14.1 Å². The van der Waals surface area contributed by atoms with Crippen LogP contribution in [0.5, 0.6) is 0 Å². The highest BCUT2D eigenvalue weighted by Crippen LogP contribution is 2.11. The van der Waals surface area contributed by atoms with E-state index in [1.54, 1.807) is 31.3 Å². The number of nitrogens with one attached hydrogen (secondary N) is 1. The SMILES string of the molecule is Cn1c(=O)[nH]c2c(c1=O)[n+](=O)c(-c1ccccc1)nn2C. The zero-order valence-electron chi connectivity index (χ0n) is 11.4. The maximum atomic E-state index is 12.5. The zero-order chi connectivity index (χ0) is 15.1. The van der Waals surface area contributed by atoms with Crippen molar-refractivity contribution in [3.8, 4) is 11.4 Å². The van der Waals surface area contributed by atoms with E-state index in [0.717, 1.165) is 4.57 Å². The van der Waals surface area contributed by atoms with Crippen LogP contribution in [-0.4, -0.2) is 19.3 Å². The average molecular weight is 286 g/mol. The Morgan fingerprint density at radius 2 is 1.81 bits per heavy atom. The van der Waals surface area contributed by atoms with Gasteiger partial charge in [-0.2, -0.15) is 4.68 Å². The molecule has 0 unspecified atom stereocenters. The standard InChI is InChI=1S/C13H11N5O3/c1-16-12(19)9-11(14-13(16)20)17(2)15-10(18(9)21)8-6-4-3-5-7-8/h3-7H,1-2H3/p+1. The summed E-state index contributed by atoms with van der Waals surface area (Å²) in [5.41, 5.74) is -0.763. The van der Waals surface area contributed by atoms with E-state index in [9.17, 15) is 14.5 Å². The number of H-pyrrole nitrogens is 1. The summed E-state index contributed by atoms with van der Waals surface area (Å²) in [6, 6.07) is 8.80. The highest BCUT2D eigenvalue weighted by molar-refractivity contribution is 5.65. The average Bonchev–Trinajstić information content (AvgIpc) is 2.49. The Kier molecular flexibility index (Phi) is 2.79. The van der Waals surface area contributed by atoms with Crippen LogP contribution < -0.4 is 15.7 Å². The molecule has 0 saturated carbocycles. The second-order valence-electron chi connectivity index (χ2n) is 4.60. The van der Waals surface area contributed by atoms with E-state index in [2.05, 4.69) is 10.1 Å². The largest absolute Gasteiger partial charge is 0.399 e. The molecule has 0 fully saturated rings. The van der Waals surface area contributed by atoms with Crippen molar-refractivity contribution < 1.29 is 4.43 Å². The van der Waals surface area contributed by atoms with Gasteiger partial charge < -0.3 is 0 Å². The molecule has 3 aromatic rings. The summed E-state index contributed by atoms with van der Waals surface area (Å²) in [6.07, 6.45) is 0. The van der Waals surface area contributed by atoms with E-state index in [4.69, 9.17) is 0 Å². The Balaban J connectivity index is 2.54. The number of aromatic amines is 1. The lowest BCUT2D eigenvalue weighted by molar-refractivity contribution is -0.457. The molecule has 0 aliphatic rings. The Morgan fingerprint density at radius 1 is 1.14 bits per heavy atom. The van der Waals surface area contributed by atoms with Gasteiger partial charge in [0, 0.05) is 11.5 Å². The molecule has 0 spiro atoms. The smallest absolute Gasteiger partial charge is 0.287 e. The molecule has 0 atom stereocenters. The lowest BCUT2D eigenvalue weighted by atomic mass is 10.2. The first-order chi connectivity index (χ1) is 10.0. The van der Waals surface area contributed by atoms with Gasteiger partial charge in [-0.05, 0) is 12.1 Å². The minimum absolute atomic E-state index is 0.0813. The summed E-state index contributed by atoms with van der Waals surface area (Å²) in [6.45, 7) is 0. The maximum absolute atomic E-state index is 12.5. The first-order valence-electron chi connectivity index (χ1n) is 6.19. The number of aromatic nitrogens is 5. The molecule has 8 heteroatoms. The summed E-state index contributed by atoms with van der Waals surface area (Å²) in [5.74, 6) is 0.0924. The number of rotatable bonds is 1. The summed E-state index contributed by atoms with van der Waals surface area (Å²) in [5, 5.41) is 4.13. The Morgan fingerprint density at radius 3 is 2.48 bits per heavy atom. The summed E-state index contributed by atoms with van der Waals surface area (Å²) in [7, 11) is 2.87. The fourth-order valence-electron chi connectivity index (χ4n) is 2.11. The number of hydrogen-bond donors (Lipinski definition) is 1. The normalized spacial score (nSPS) is 11.0. The van der Waals surface area contributed by atoms with Gasteiger partial charge >= 0.3 is 17.1 Å². The predicted molar refractivity (Wildman–Crippen MR) is 75.4 cm³/mol. The lowest BCUT2D eigenvalue weighted by Crippen LogP contribution is -2.40. The Hall–Kier alpha value is -3.03. The molecule has 2 aromatic heterocycles. The third kappa shape index (κ3) is 1.88. The van der Waals surface area contributed by atoms with Gasteiger partial charge in [-0.1, -0.05) is 23.1 Å². The number of fused-ring (bicyclic) bond motifs is 1. The van der Waals surface area contributed by atoms with Gasteiger partial charge in [-0.25, -0.2) is 4.79 Å². The van der Waals surface area contributed by atoms with Crippen molar-refractivity contribution in [3.05, 3.63) is 56.1 Å². The molecule has 0 aliphatic heterocycles. The van der Waals surface area contributed by atoms with E-state index in [0.29, 0.717) is 9.99 Å². The van der Waals surface area contributed by atoms with Crippen LogP contribution in [0.2, 0.25) is 0 Å². The molecule has 1 N–H and O–H groups in total. The molecular formula is C13H12N5O3+. The second-order valence-corrected chi connectivity index (χ2v) is 4.60. The molecule has 0 bridgehead atoms. The molecule has 106 valence electrons. The van der Waals surface area contributed by atoms with Crippen LogP contribution in [0.4, 0.5) is 0 Å². The van der Waals surface area contributed by atoms with Crippen molar-refractivity contribution in [2.75, 3.05) is 0 Å². The van der Waals surface area contributed by atoms with Gasteiger partial charge in [-0.15, -0.1) is 0 Å². The molecule has 3 rings (SSSR count). The monoisotopic (exact) mass is 286 g/mol. The van der Waals surface area contributed by atoms with Gasteiger partial charge in [-0.3, -0.25) is 14.3 Å².